The van der Waals surface area contributed by atoms with Crippen molar-refractivity contribution in [3.05, 3.63) is 29.8 Å². The van der Waals surface area contributed by atoms with Gasteiger partial charge in [0, 0.05) is 19.6 Å². The second-order valence-electron chi connectivity index (χ2n) is 3.84. The van der Waals surface area contributed by atoms with Gasteiger partial charge in [-0.25, -0.2) is 17.2 Å². The second-order valence-corrected chi connectivity index (χ2v) is 5.88. The highest BCUT2D eigenvalue weighted by atomic mass is 32.2. The topological polar surface area (TPSA) is 63.4 Å². The zero-order chi connectivity index (χ0) is 13.2. The van der Waals surface area contributed by atoms with Gasteiger partial charge in [-0.05, 0) is 25.1 Å². The van der Waals surface area contributed by atoms with E-state index in [1.165, 1.54) is 7.05 Å². The summed E-state index contributed by atoms with van der Waals surface area (Å²) < 4.78 is 50.5. The van der Waals surface area contributed by atoms with Crippen molar-refractivity contribution >= 4 is 10.0 Å². The fraction of sp³-hybridized carbons (Fsp3) is 0.400. The number of hydrogen-bond donors (Lipinski definition) is 1. The van der Waals surface area contributed by atoms with E-state index in [0.29, 0.717) is 6.07 Å². The van der Waals surface area contributed by atoms with Crippen molar-refractivity contribution in [2.24, 2.45) is 5.73 Å². The molecule has 0 aromatic heterocycles. The summed E-state index contributed by atoms with van der Waals surface area (Å²) in [5.74, 6) is -2.28. The van der Waals surface area contributed by atoms with E-state index < -0.39 is 21.7 Å². The van der Waals surface area contributed by atoms with Crippen LogP contribution in [0.25, 0.3) is 0 Å². The Kier molecular flexibility index (Phi) is 4.18. The van der Waals surface area contributed by atoms with Gasteiger partial charge in [-0.15, -0.1) is 0 Å². The van der Waals surface area contributed by atoms with Crippen LogP contribution in [0.3, 0.4) is 0 Å². The van der Waals surface area contributed by atoms with Gasteiger partial charge >= 0.3 is 0 Å². The molecule has 0 bridgehead atoms. The summed E-state index contributed by atoms with van der Waals surface area (Å²) in [5.41, 5.74) is 5.48. The molecule has 1 unspecified atom stereocenters. The summed E-state index contributed by atoms with van der Waals surface area (Å²) in [5, 5.41) is 0. The fourth-order valence-electron chi connectivity index (χ4n) is 1.32. The molecule has 0 saturated carbocycles. The van der Waals surface area contributed by atoms with Crippen LogP contribution in [0.5, 0.6) is 0 Å². The summed E-state index contributed by atoms with van der Waals surface area (Å²) >= 11 is 0. The molecule has 1 aromatic rings. The van der Waals surface area contributed by atoms with Crippen LogP contribution in [0.1, 0.15) is 6.92 Å². The molecule has 0 spiro atoms. The van der Waals surface area contributed by atoms with Crippen LogP contribution in [0.4, 0.5) is 8.78 Å². The Balaban J connectivity index is 3.09. The minimum atomic E-state index is -3.83. The molecule has 0 amide bonds. The van der Waals surface area contributed by atoms with Gasteiger partial charge in [0.05, 0.1) is 4.90 Å². The van der Waals surface area contributed by atoms with Crippen LogP contribution in [-0.4, -0.2) is 32.4 Å². The zero-order valence-corrected chi connectivity index (χ0v) is 10.3. The monoisotopic (exact) mass is 264 g/mol. The SMILES string of the molecule is CC(N)CN(C)S(=O)(=O)c1ccc(F)c(F)c1. The Hall–Kier alpha value is -1.05. The largest absolute Gasteiger partial charge is 0.327 e. The summed E-state index contributed by atoms with van der Waals surface area (Å²) in [7, 11) is -2.49. The summed E-state index contributed by atoms with van der Waals surface area (Å²) in [4.78, 5) is -0.292. The van der Waals surface area contributed by atoms with Gasteiger partial charge in [-0.3, -0.25) is 0 Å². The number of nitrogens with zero attached hydrogens (tertiary/aromatic N) is 1. The number of nitrogens with two attached hydrogens (primary N) is 1. The molecule has 0 fully saturated rings. The number of benzene rings is 1. The third-order valence-electron chi connectivity index (χ3n) is 2.14. The highest BCUT2D eigenvalue weighted by molar-refractivity contribution is 7.89. The average molecular weight is 264 g/mol. The summed E-state index contributed by atoms with van der Waals surface area (Å²) in [6.07, 6.45) is 0. The molecule has 4 nitrogen and oxygen atoms in total. The molecular weight excluding hydrogens is 250 g/mol. The standard InChI is InChI=1S/C10H14F2N2O2S/c1-7(13)6-14(2)17(15,16)8-3-4-9(11)10(12)5-8/h3-5,7H,6,13H2,1-2H3. The van der Waals surface area contributed by atoms with E-state index in [9.17, 15) is 17.2 Å². The summed E-state index contributed by atoms with van der Waals surface area (Å²) in [6, 6.07) is 2.11. The van der Waals surface area contributed by atoms with Crippen molar-refractivity contribution in [3.8, 4) is 0 Å². The predicted molar refractivity (Wildman–Crippen MR) is 59.8 cm³/mol. The Labute approximate surface area is 99.1 Å². The quantitative estimate of drug-likeness (QED) is 0.880. The van der Waals surface area contributed by atoms with Crippen LogP contribution in [0.2, 0.25) is 0 Å². The van der Waals surface area contributed by atoms with Crippen molar-refractivity contribution in [1.29, 1.82) is 0 Å². The maximum Gasteiger partial charge on any atom is 0.242 e. The third kappa shape index (κ3) is 3.21. The molecule has 0 aliphatic heterocycles. The molecular formula is C10H14F2N2O2S. The maximum atomic E-state index is 13.0. The first-order valence-electron chi connectivity index (χ1n) is 4.92. The first-order valence-corrected chi connectivity index (χ1v) is 6.36. The van der Waals surface area contributed by atoms with Gasteiger partial charge < -0.3 is 5.73 Å². The molecule has 1 rings (SSSR count). The number of halogens is 2. The lowest BCUT2D eigenvalue weighted by molar-refractivity contribution is 0.443. The van der Waals surface area contributed by atoms with Gasteiger partial charge in [0.1, 0.15) is 0 Å². The van der Waals surface area contributed by atoms with Crippen LogP contribution in [-0.2, 0) is 10.0 Å². The van der Waals surface area contributed by atoms with Gasteiger partial charge in [-0.1, -0.05) is 0 Å². The van der Waals surface area contributed by atoms with Crippen molar-refractivity contribution in [1.82, 2.24) is 4.31 Å². The van der Waals surface area contributed by atoms with Crippen LogP contribution in [0, 0.1) is 11.6 Å². The van der Waals surface area contributed by atoms with Crippen molar-refractivity contribution in [3.63, 3.8) is 0 Å². The smallest absolute Gasteiger partial charge is 0.242 e. The molecule has 0 aliphatic carbocycles. The average Bonchev–Trinajstić information content (AvgIpc) is 2.20. The molecule has 0 radical (unpaired) electrons. The van der Waals surface area contributed by atoms with Gasteiger partial charge in [0.25, 0.3) is 0 Å². The predicted octanol–water partition coefficient (Wildman–Crippen LogP) is 0.933. The molecule has 0 heterocycles. The molecule has 1 atom stereocenters. The Morgan fingerprint density at radius 2 is 1.94 bits per heavy atom. The van der Waals surface area contributed by atoms with Gasteiger partial charge in [0.15, 0.2) is 11.6 Å². The van der Waals surface area contributed by atoms with E-state index >= 15 is 0 Å². The normalized spacial score (nSPS) is 14.0. The highest BCUT2D eigenvalue weighted by Crippen LogP contribution is 2.17. The number of hydrogen-bond acceptors (Lipinski definition) is 3. The third-order valence-corrected chi connectivity index (χ3v) is 3.96. The molecule has 0 saturated heterocycles. The fourth-order valence-corrected chi connectivity index (χ4v) is 2.60. The van der Waals surface area contributed by atoms with E-state index in [2.05, 4.69) is 0 Å². The minimum Gasteiger partial charge on any atom is -0.327 e. The Morgan fingerprint density at radius 1 is 1.35 bits per heavy atom. The molecule has 7 heteroatoms. The first-order chi connectivity index (χ1) is 7.75. The Morgan fingerprint density at radius 3 is 2.41 bits per heavy atom. The van der Waals surface area contributed by atoms with Crippen molar-refractivity contribution in [2.75, 3.05) is 13.6 Å². The molecule has 1 aromatic carbocycles. The van der Waals surface area contributed by atoms with Crippen molar-refractivity contribution in [2.45, 2.75) is 17.9 Å². The number of sulfonamides is 1. The van der Waals surface area contributed by atoms with E-state index in [1.54, 1.807) is 6.92 Å². The maximum absolute atomic E-state index is 13.0. The van der Waals surface area contributed by atoms with Crippen molar-refractivity contribution < 1.29 is 17.2 Å². The lowest BCUT2D eigenvalue weighted by atomic mass is 10.3. The molecule has 0 aliphatic rings. The lowest BCUT2D eigenvalue weighted by Crippen LogP contribution is -2.37. The zero-order valence-electron chi connectivity index (χ0n) is 9.52. The molecule has 2 N–H and O–H groups in total. The molecule has 96 valence electrons. The second kappa shape index (κ2) is 5.07. The van der Waals surface area contributed by atoms with E-state index in [-0.39, 0.29) is 17.5 Å². The summed E-state index contributed by atoms with van der Waals surface area (Å²) in [6.45, 7) is 1.75. The van der Waals surface area contributed by atoms with E-state index in [1.807, 2.05) is 0 Å². The highest BCUT2D eigenvalue weighted by Gasteiger charge is 2.22. The Bertz CT molecular complexity index is 503. The lowest BCUT2D eigenvalue weighted by Gasteiger charge is -2.19. The van der Waals surface area contributed by atoms with Crippen LogP contribution < -0.4 is 5.73 Å². The first kappa shape index (κ1) is 14.0. The van der Waals surface area contributed by atoms with Gasteiger partial charge in [0.2, 0.25) is 10.0 Å². The number of likely N-dealkylation sites (N-methyl/N-ethyl adjacent to an activating group) is 1. The van der Waals surface area contributed by atoms with E-state index in [4.69, 9.17) is 5.73 Å². The van der Waals surface area contributed by atoms with Crippen LogP contribution in [0.15, 0.2) is 23.1 Å². The van der Waals surface area contributed by atoms with E-state index in [0.717, 1.165) is 16.4 Å². The number of rotatable bonds is 4. The minimum absolute atomic E-state index is 0.0985. The van der Waals surface area contributed by atoms with Crippen LogP contribution >= 0.6 is 0 Å². The van der Waals surface area contributed by atoms with Gasteiger partial charge in [-0.2, -0.15) is 4.31 Å². The molecule has 17 heavy (non-hydrogen) atoms.